The Morgan fingerprint density at radius 3 is 2.75 bits per heavy atom. The fraction of sp³-hybridized carbons (Fsp3) is 1.00. The Morgan fingerprint density at radius 2 is 1.90 bits per heavy atom. The first-order chi connectivity index (χ1) is 9.81. The number of fused-ring (bicyclic) bond motifs is 1. The molecule has 1 saturated heterocycles. The number of hydrogen-bond donors (Lipinski definition) is 1. The zero-order valence-electron chi connectivity index (χ0n) is 12.5. The molecule has 0 aromatic carbocycles. The summed E-state index contributed by atoms with van der Waals surface area (Å²) in [7, 11) is 0. The van der Waals surface area contributed by atoms with Crippen LogP contribution in [-0.2, 0) is 9.47 Å². The molecule has 3 rings (SSSR count). The van der Waals surface area contributed by atoms with Crippen LogP contribution in [0.3, 0.4) is 0 Å². The van der Waals surface area contributed by atoms with E-state index in [1.807, 2.05) is 0 Å². The van der Waals surface area contributed by atoms with Crippen molar-refractivity contribution in [2.75, 3.05) is 39.5 Å². The predicted molar refractivity (Wildman–Crippen MR) is 77.7 cm³/mol. The molecule has 0 spiro atoms. The van der Waals surface area contributed by atoms with Crippen LogP contribution in [0, 0.1) is 11.8 Å². The van der Waals surface area contributed by atoms with Gasteiger partial charge in [0, 0.05) is 19.6 Å². The number of aliphatic hydroxyl groups excluding tert-OH is 1. The first kappa shape index (κ1) is 14.8. The van der Waals surface area contributed by atoms with Gasteiger partial charge in [-0.1, -0.05) is 19.3 Å². The number of rotatable bonds is 5. The van der Waals surface area contributed by atoms with E-state index in [1.54, 1.807) is 0 Å². The van der Waals surface area contributed by atoms with Crippen LogP contribution >= 0.6 is 0 Å². The molecule has 0 aromatic heterocycles. The summed E-state index contributed by atoms with van der Waals surface area (Å²) in [6, 6.07) is 0. The normalized spacial score (nSPS) is 36.8. The Kier molecular flexibility index (Phi) is 5.32. The van der Waals surface area contributed by atoms with E-state index in [0.717, 1.165) is 44.7 Å². The van der Waals surface area contributed by atoms with E-state index in [2.05, 4.69) is 4.90 Å². The highest BCUT2D eigenvalue weighted by molar-refractivity contribution is 4.85. The highest BCUT2D eigenvalue weighted by Gasteiger charge is 2.34. The number of morpholine rings is 1. The van der Waals surface area contributed by atoms with Gasteiger partial charge in [0.2, 0.25) is 0 Å². The number of nitrogens with zero attached hydrogens (tertiary/aromatic N) is 1. The minimum atomic E-state index is -0.352. The van der Waals surface area contributed by atoms with E-state index in [-0.39, 0.29) is 6.10 Å². The Bertz CT molecular complexity index is 293. The van der Waals surface area contributed by atoms with E-state index in [0.29, 0.717) is 12.7 Å². The SMILES string of the molecule is O[C@@H](COC1CCC2CCCC2C1)CN1CCOCC1. The molecule has 4 heteroatoms. The van der Waals surface area contributed by atoms with E-state index < -0.39 is 0 Å². The quantitative estimate of drug-likeness (QED) is 0.833. The van der Waals surface area contributed by atoms with Crippen molar-refractivity contribution in [3.8, 4) is 0 Å². The molecule has 0 radical (unpaired) electrons. The molecule has 2 saturated carbocycles. The second kappa shape index (κ2) is 7.21. The summed E-state index contributed by atoms with van der Waals surface area (Å²) in [6.07, 6.45) is 8.08. The van der Waals surface area contributed by atoms with Gasteiger partial charge in [-0.15, -0.1) is 0 Å². The number of aliphatic hydroxyl groups is 1. The minimum absolute atomic E-state index is 0.352. The molecule has 3 aliphatic rings. The summed E-state index contributed by atoms with van der Waals surface area (Å²) in [5, 5.41) is 10.1. The summed E-state index contributed by atoms with van der Waals surface area (Å²) in [5.41, 5.74) is 0. The van der Waals surface area contributed by atoms with Crippen molar-refractivity contribution in [1.29, 1.82) is 0 Å². The first-order valence-corrected chi connectivity index (χ1v) is 8.41. The van der Waals surface area contributed by atoms with E-state index in [4.69, 9.17) is 9.47 Å². The fourth-order valence-corrected chi connectivity index (χ4v) is 4.19. The lowest BCUT2D eigenvalue weighted by molar-refractivity contribution is -0.0546. The molecule has 1 heterocycles. The summed E-state index contributed by atoms with van der Waals surface area (Å²) in [4.78, 5) is 2.27. The second-order valence-corrected chi connectivity index (χ2v) is 6.79. The lowest BCUT2D eigenvalue weighted by Crippen LogP contribution is -2.42. The molecule has 0 aromatic rings. The standard InChI is InChI=1S/C16H29NO3/c18-15(11-17-6-8-19-9-7-17)12-20-16-5-4-13-2-1-3-14(13)10-16/h13-16,18H,1-12H2/t13?,14?,15-,16?/m1/s1. The molecule has 1 aliphatic heterocycles. The molecule has 4 nitrogen and oxygen atoms in total. The summed E-state index contributed by atoms with van der Waals surface area (Å²) in [5.74, 6) is 1.89. The number of β-amino-alcohol motifs (C(OH)–C–C–N with tert-alkyl or cyclic N) is 1. The van der Waals surface area contributed by atoms with Gasteiger partial charge in [-0.05, 0) is 31.1 Å². The number of ether oxygens (including phenoxy) is 2. The molecule has 1 N–H and O–H groups in total. The maximum atomic E-state index is 10.1. The Morgan fingerprint density at radius 1 is 1.10 bits per heavy atom. The van der Waals surface area contributed by atoms with Crippen molar-refractivity contribution in [2.24, 2.45) is 11.8 Å². The van der Waals surface area contributed by atoms with Crippen LogP contribution in [0.15, 0.2) is 0 Å². The van der Waals surface area contributed by atoms with Crippen molar-refractivity contribution in [2.45, 2.75) is 50.7 Å². The Labute approximate surface area is 122 Å². The Balaban J connectivity index is 1.34. The highest BCUT2D eigenvalue weighted by atomic mass is 16.5. The average Bonchev–Trinajstić information content (AvgIpc) is 2.93. The Hall–Kier alpha value is -0.160. The van der Waals surface area contributed by atoms with Crippen molar-refractivity contribution in [1.82, 2.24) is 4.90 Å². The van der Waals surface area contributed by atoms with Gasteiger partial charge in [0.1, 0.15) is 0 Å². The van der Waals surface area contributed by atoms with Gasteiger partial charge in [-0.25, -0.2) is 0 Å². The molecule has 20 heavy (non-hydrogen) atoms. The van der Waals surface area contributed by atoms with Crippen molar-refractivity contribution in [3.05, 3.63) is 0 Å². The molecule has 0 bridgehead atoms. The molecule has 2 aliphatic carbocycles. The third-order valence-electron chi connectivity index (χ3n) is 5.34. The summed E-state index contributed by atoms with van der Waals surface area (Å²) in [6.45, 7) is 4.68. The van der Waals surface area contributed by atoms with Crippen LogP contribution in [0.4, 0.5) is 0 Å². The van der Waals surface area contributed by atoms with Crippen LogP contribution in [0.5, 0.6) is 0 Å². The first-order valence-electron chi connectivity index (χ1n) is 8.41. The van der Waals surface area contributed by atoms with Crippen molar-refractivity contribution < 1.29 is 14.6 Å². The van der Waals surface area contributed by atoms with Crippen LogP contribution in [-0.4, -0.2) is 61.7 Å². The molecule has 4 atom stereocenters. The van der Waals surface area contributed by atoms with Crippen LogP contribution in [0.1, 0.15) is 38.5 Å². The van der Waals surface area contributed by atoms with Crippen LogP contribution < -0.4 is 0 Å². The maximum Gasteiger partial charge on any atom is 0.0900 e. The molecule has 3 fully saturated rings. The van der Waals surface area contributed by atoms with Crippen molar-refractivity contribution in [3.63, 3.8) is 0 Å². The molecule has 116 valence electrons. The van der Waals surface area contributed by atoms with E-state index >= 15 is 0 Å². The molecule has 0 amide bonds. The lowest BCUT2D eigenvalue weighted by Gasteiger charge is -2.33. The lowest BCUT2D eigenvalue weighted by atomic mass is 9.80. The molecule has 3 unspecified atom stereocenters. The smallest absolute Gasteiger partial charge is 0.0900 e. The maximum absolute atomic E-state index is 10.1. The zero-order chi connectivity index (χ0) is 13.8. The van der Waals surface area contributed by atoms with Gasteiger partial charge < -0.3 is 14.6 Å². The third kappa shape index (κ3) is 3.94. The van der Waals surface area contributed by atoms with Crippen LogP contribution in [0.25, 0.3) is 0 Å². The minimum Gasteiger partial charge on any atom is -0.389 e. The zero-order valence-corrected chi connectivity index (χ0v) is 12.5. The largest absolute Gasteiger partial charge is 0.389 e. The third-order valence-corrected chi connectivity index (χ3v) is 5.34. The number of hydrogen-bond acceptors (Lipinski definition) is 4. The predicted octanol–water partition coefficient (Wildman–Crippen LogP) is 1.66. The van der Waals surface area contributed by atoms with Gasteiger partial charge in [0.25, 0.3) is 0 Å². The average molecular weight is 283 g/mol. The van der Waals surface area contributed by atoms with Crippen molar-refractivity contribution >= 4 is 0 Å². The second-order valence-electron chi connectivity index (χ2n) is 6.79. The van der Waals surface area contributed by atoms with E-state index in [9.17, 15) is 5.11 Å². The monoisotopic (exact) mass is 283 g/mol. The van der Waals surface area contributed by atoms with Crippen LogP contribution in [0.2, 0.25) is 0 Å². The van der Waals surface area contributed by atoms with Gasteiger partial charge >= 0.3 is 0 Å². The summed E-state index contributed by atoms with van der Waals surface area (Å²) < 4.78 is 11.3. The molecular formula is C16H29NO3. The topological polar surface area (TPSA) is 41.9 Å². The van der Waals surface area contributed by atoms with Gasteiger partial charge in [-0.2, -0.15) is 0 Å². The van der Waals surface area contributed by atoms with Gasteiger partial charge in [0.15, 0.2) is 0 Å². The van der Waals surface area contributed by atoms with Gasteiger partial charge in [0.05, 0.1) is 32.0 Å². The van der Waals surface area contributed by atoms with E-state index in [1.165, 1.54) is 38.5 Å². The highest BCUT2D eigenvalue weighted by Crippen LogP contribution is 2.42. The van der Waals surface area contributed by atoms with Gasteiger partial charge in [-0.3, -0.25) is 4.90 Å². The summed E-state index contributed by atoms with van der Waals surface area (Å²) >= 11 is 0. The molecular weight excluding hydrogens is 254 g/mol. The fourth-order valence-electron chi connectivity index (χ4n) is 4.19.